The van der Waals surface area contributed by atoms with Crippen molar-refractivity contribution in [2.45, 2.75) is 25.8 Å². The van der Waals surface area contributed by atoms with Gasteiger partial charge in [0.2, 0.25) is 0 Å². The fourth-order valence-electron chi connectivity index (χ4n) is 3.03. The number of halogens is 1. The van der Waals surface area contributed by atoms with E-state index in [0.29, 0.717) is 6.04 Å². The van der Waals surface area contributed by atoms with E-state index in [1.165, 1.54) is 35.0 Å². The minimum atomic E-state index is 0.533. The Bertz CT molecular complexity index is 565. The monoisotopic (exact) mass is 292 g/mol. The van der Waals surface area contributed by atoms with E-state index in [-0.39, 0.29) is 0 Å². The van der Waals surface area contributed by atoms with Crippen LogP contribution in [0.2, 0.25) is 0 Å². The standard InChI is InChI=1S/C14H17BrN2/c1-9-11-8-10(15)5-6-13(11)17(2)14(9)12-4-3-7-16-12/h5-6,8,12,16H,3-4,7H2,1-2H3. The van der Waals surface area contributed by atoms with Crippen LogP contribution in [-0.4, -0.2) is 11.1 Å². The first-order valence-electron chi connectivity index (χ1n) is 6.16. The van der Waals surface area contributed by atoms with Gasteiger partial charge in [-0.2, -0.15) is 0 Å². The molecule has 1 aromatic heterocycles. The highest BCUT2D eigenvalue weighted by atomic mass is 79.9. The lowest BCUT2D eigenvalue weighted by Gasteiger charge is -2.13. The van der Waals surface area contributed by atoms with Crippen molar-refractivity contribution >= 4 is 26.8 Å². The quantitative estimate of drug-likeness (QED) is 0.849. The summed E-state index contributed by atoms with van der Waals surface area (Å²) in [5, 5.41) is 4.96. The van der Waals surface area contributed by atoms with Gasteiger partial charge in [0, 0.05) is 34.2 Å². The van der Waals surface area contributed by atoms with Crippen LogP contribution < -0.4 is 5.32 Å². The Morgan fingerprint density at radius 3 is 2.94 bits per heavy atom. The Labute approximate surface area is 110 Å². The summed E-state index contributed by atoms with van der Waals surface area (Å²) in [6.45, 7) is 3.39. The number of benzene rings is 1. The molecule has 0 saturated carbocycles. The molecule has 0 aliphatic carbocycles. The van der Waals surface area contributed by atoms with E-state index in [2.05, 4.69) is 58.0 Å². The summed E-state index contributed by atoms with van der Waals surface area (Å²) in [4.78, 5) is 0. The Morgan fingerprint density at radius 1 is 1.41 bits per heavy atom. The summed E-state index contributed by atoms with van der Waals surface area (Å²) in [6.07, 6.45) is 2.54. The zero-order valence-corrected chi connectivity index (χ0v) is 11.8. The molecule has 1 aliphatic rings. The molecule has 0 amide bonds. The van der Waals surface area contributed by atoms with E-state index < -0.39 is 0 Å². The van der Waals surface area contributed by atoms with E-state index >= 15 is 0 Å². The maximum atomic E-state index is 3.60. The van der Waals surface area contributed by atoms with Crippen molar-refractivity contribution in [1.29, 1.82) is 0 Å². The molecule has 3 heteroatoms. The van der Waals surface area contributed by atoms with Crippen molar-refractivity contribution in [1.82, 2.24) is 9.88 Å². The fourth-order valence-corrected chi connectivity index (χ4v) is 3.39. The van der Waals surface area contributed by atoms with E-state index in [4.69, 9.17) is 0 Å². The molecule has 3 rings (SSSR count). The normalized spacial score (nSPS) is 20.3. The number of hydrogen-bond donors (Lipinski definition) is 1. The lowest BCUT2D eigenvalue weighted by Crippen LogP contribution is -2.16. The molecule has 17 heavy (non-hydrogen) atoms. The van der Waals surface area contributed by atoms with Crippen LogP contribution in [0.3, 0.4) is 0 Å². The lowest BCUT2D eigenvalue weighted by molar-refractivity contribution is 0.600. The summed E-state index contributed by atoms with van der Waals surface area (Å²) >= 11 is 3.56. The summed E-state index contributed by atoms with van der Waals surface area (Å²) in [7, 11) is 2.18. The molecule has 1 N–H and O–H groups in total. The molecule has 1 fully saturated rings. The molecule has 0 radical (unpaired) electrons. The molecule has 0 bridgehead atoms. The van der Waals surface area contributed by atoms with Crippen LogP contribution in [0.25, 0.3) is 10.9 Å². The third-order valence-corrected chi connectivity index (χ3v) is 4.35. The summed E-state index contributed by atoms with van der Waals surface area (Å²) < 4.78 is 3.50. The maximum absolute atomic E-state index is 3.60. The van der Waals surface area contributed by atoms with Crippen LogP contribution >= 0.6 is 15.9 Å². The Hall–Kier alpha value is -0.800. The third-order valence-electron chi connectivity index (χ3n) is 3.86. The summed E-state index contributed by atoms with van der Waals surface area (Å²) in [5.74, 6) is 0. The van der Waals surface area contributed by atoms with Crippen LogP contribution in [0.15, 0.2) is 22.7 Å². The second kappa shape index (κ2) is 4.14. The average molecular weight is 293 g/mol. The molecule has 1 aliphatic heterocycles. The number of aromatic nitrogens is 1. The first kappa shape index (κ1) is 11.3. The van der Waals surface area contributed by atoms with Crippen molar-refractivity contribution in [2.24, 2.45) is 7.05 Å². The van der Waals surface area contributed by atoms with Gasteiger partial charge >= 0.3 is 0 Å². The van der Waals surface area contributed by atoms with Crippen molar-refractivity contribution in [3.05, 3.63) is 33.9 Å². The van der Waals surface area contributed by atoms with Gasteiger partial charge in [-0.25, -0.2) is 0 Å². The molecule has 1 saturated heterocycles. The topological polar surface area (TPSA) is 17.0 Å². The van der Waals surface area contributed by atoms with Gasteiger partial charge in [0.25, 0.3) is 0 Å². The van der Waals surface area contributed by atoms with Gasteiger partial charge in [-0.05, 0) is 50.1 Å². The number of nitrogens with one attached hydrogen (secondary N) is 1. The highest BCUT2D eigenvalue weighted by molar-refractivity contribution is 9.10. The number of nitrogens with zero attached hydrogens (tertiary/aromatic N) is 1. The van der Waals surface area contributed by atoms with Gasteiger partial charge in [0.15, 0.2) is 0 Å². The lowest BCUT2D eigenvalue weighted by atomic mass is 10.1. The fraction of sp³-hybridized carbons (Fsp3) is 0.429. The second-order valence-electron chi connectivity index (χ2n) is 4.88. The SMILES string of the molecule is Cc1c(C2CCCN2)n(C)c2ccc(Br)cc12. The van der Waals surface area contributed by atoms with Crippen molar-refractivity contribution in [3.8, 4) is 0 Å². The van der Waals surface area contributed by atoms with Crippen LogP contribution in [0.1, 0.15) is 30.1 Å². The van der Waals surface area contributed by atoms with Crippen molar-refractivity contribution < 1.29 is 0 Å². The van der Waals surface area contributed by atoms with Gasteiger partial charge < -0.3 is 9.88 Å². The first-order chi connectivity index (χ1) is 8.18. The van der Waals surface area contributed by atoms with Crippen LogP contribution in [-0.2, 0) is 7.05 Å². The number of hydrogen-bond acceptors (Lipinski definition) is 1. The van der Waals surface area contributed by atoms with Crippen molar-refractivity contribution in [3.63, 3.8) is 0 Å². The van der Waals surface area contributed by atoms with E-state index in [1.807, 2.05) is 0 Å². The molecule has 0 spiro atoms. The Balaban J connectivity index is 2.24. The molecule has 1 unspecified atom stereocenters. The minimum absolute atomic E-state index is 0.533. The predicted molar refractivity (Wildman–Crippen MR) is 75.3 cm³/mol. The molecule has 2 nitrogen and oxygen atoms in total. The highest BCUT2D eigenvalue weighted by Crippen LogP contribution is 2.33. The Morgan fingerprint density at radius 2 is 2.24 bits per heavy atom. The van der Waals surface area contributed by atoms with Crippen molar-refractivity contribution in [2.75, 3.05) is 6.54 Å². The van der Waals surface area contributed by atoms with E-state index in [0.717, 1.165) is 11.0 Å². The largest absolute Gasteiger partial charge is 0.346 e. The average Bonchev–Trinajstić information content (AvgIpc) is 2.88. The van der Waals surface area contributed by atoms with E-state index in [1.54, 1.807) is 0 Å². The smallest absolute Gasteiger partial charge is 0.0483 e. The van der Waals surface area contributed by atoms with Gasteiger partial charge in [0.1, 0.15) is 0 Å². The summed E-state index contributed by atoms with van der Waals surface area (Å²) in [6, 6.07) is 7.08. The maximum Gasteiger partial charge on any atom is 0.0483 e. The van der Waals surface area contributed by atoms with Gasteiger partial charge in [-0.1, -0.05) is 15.9 Å². The highest BCUT2D eigenvalue weighted by Gasteiger charge is 2.23. The van der Waals surface area contributed by atoms with Gasteiger partial charge in [0.05, 0.1) is 0 Å². The molecule has 1 atom stereocenters. The Kier molecular flexibility index (Phi) is 2.75. The van der Waals surface area contributed by atoms with Gasteiger partial charge in [-0.15, -0.1) is 0 Å². The zero-order valence-electron chi connectivity index (χ0n) is 10.3. The molecule has 90 valence electrons. The molecular weight excluding hydrogens is 276 g/mol. The van der Waals surface area contributed by atoms with Crippen LogP contribution in [0.5, 0.6) is 0 Å². The van der Waals surface area contributed by atoms with Crippen LogP contribution in [0.4, 0.5) is 0 Å². The van der Waals surface area contributed by atoms with E-state index in [9.17, 15) is 0 Å². The third kappa shape index (κ3) is 1.72. The molecule has 2 aromatic rings. The molecular formula is C14H17BrN2. The van der Waals surface area contributed by atoms with Gasteiger partial charge in [-0.3, -0.25) is 0 Å². The molecule has 1 aromatic carbocycles. The summed E-state index contributed by atoms with van der Waals surface area (Å²) in [5.41, 5.74) is 4.20. The number of aryl methyl sites for hydroxylation is 2. The molecule has 2 heterocycles. The predicted octanol–water partition coefficient (Wildman–Crippen LogP) is 3.67. The number of rotatable bonds is 1. The minimum Gasteiger partial charge on any atom is -0.346 e. The first-order valence-corrected chi connectivity index (χ1v) is 6.95. The number of fused-ring (bicyclic) bond motifs is 1. The second-order valence-corrected chi connectivity index (χ2v) is 5.80. The van der Waals surface area contributed by atoms with Crippen LogP contribution in [0, 0.1) is 6.92 Å². The zero-order chi connectivity index (χ0) is 12.0.